The second-order valence-corrected chi connectivity index (χ2v) is 4.24. The molecule has 0 fully saturated rings. The first kappa shape index (κ1) is 10.2. The molecule has 0 unspecified atom stereocenters. The van der Waals surface area contributed by atoms with Gasteiger partial charge in [0.25, 0.3) is 0 Å². The lowest BCUT2D eigenvalue weighted by Crippen LogP contribution is -1.86. The van der Waals surface area contributed by atoms with Crippen molar-refractivity contribution in [1.29, 1.82) is 0 Å². The maximum Gasteiger partial charge on any atom is 0.130 e. The van der Waals surface area contributed by atoms with Crippen molar-refractivity contribution in [3.05, 3.63) is 58.6 Å². The van der Waals surface area contributed by atoms with E-state index in [9.17, 15) is 0 Å². The van der Waals surface area contributed by atoms with Crippen LogP contribution in [-0.2, 0) is 0 Å². The molecule has 0 N–H and O–H groups in total. The van der Waals surface area contributed by atoms with Gasteiger partial charge < -0.3 is 4.74 Å². The van der Waals surface area contributed by atoms with Gasteiger partial charge in [-0.3, -0.25) is 0 Å². The summed E-state index contributed by atoms with van der Waals surface area (Å²) in [5, 5.41) is 0. The Morgan fingerprint density at radius 1 is 1.00 bits per heavy atom. The molecule has 0 atom stereocenters. The van der Waals surface area contributed by atoms with Crippen molar-refractivity contribution in [2.24, 2.45) is 0 Å². The summed E-state index contributed by atoms with van der Waals surface area (Å²) in [6.45, 7) is 2.04. The molecule has 0 saturated carbocycles. The van der Waals surface area contributed by atoms with E-state index in [0.717, 1.165) is 21.5 Å². The van der Waals surface area contributed by atoms with Crippen LogP contribution in [0.15, 0.2) is 53.0 Å². The quantitative estimate of drug-likeness (QED) is 0.772. The molecule has 0 aliphatic carbocycles. The summed E-state index contributed by atoms with van der Waals surface area (Å²) in [6.07, 6.45) is 0. The SMILES string of the molecule is Cc1ccccc1Oc1cccc(Br)c1. The Kier molecular flexibility index (Phi) is 3.07. The Bertz CT molecular complexity index is 466. The number of benzene rings is 2. The van der Waals surface area contributed by atoms with Crippen LogP contribution >= 0.6 is 15.9 Å². The first-order valence-electron chi connectivity index (χ1n) is 4.75. The standard InChI is InChI=1S/C13H11BrO/c1-10-5-2-3-8-13(10)15-12-7-4-6-11(14)9-12/h2-9H,1H3. The molecule has 0 aliphatic rings. The number of ether oxygens (including phenoxy) is 1. The molecule has 2 aromatic carbocycles. The fourth-order valence-corrected chi connectivity index (χ4v) is 1.71. The fourth-order valence-electron chi connectivity index (χ4n) is 1.33. The van der Waals surface area contributed by atoms with Crippen molar-refractivity contribution in [2.45, 2.75) is 6.92 Å². The lowest BCUT2D eigenvalue weighted by Gasteiger charge is -2.08. The summed E-state index contributed by atoms with van der Waals surface area (Å²) in [4.78, 5) is 0. The minimum absolute atomic E-state index is 0.846. The van der Waals surface area contributed by atoms with E-state index in [0.29, 0.717) is 0 Å². The van der Waals surface area contributed by atoms with Crippen LogP contribution in [0.4, 0.5) is 0 Å². The highest BCUT2D eigenvalue weighted by atomic mass is 79.9. The molecule has 0 bridgehead atoms. The molecule has 0 saturated heterocycles. The zero-order chi connectivity index (χ0) is 10.7. The zero-order valence-electron chi connectivity index (χ0n) is 8.41. The molecule has 2 rings (SSSR count). The molecule has 0 aliphatic heterocycles. The minimum atomic E-state index is 0.846. The smallest absolute Gasteiger partial charge is 0.130 e. The lowest BCUT2D eigenvalue weighted by atomic mass is 10.2. The molecule has 0 heterocycles. The predicted octanol–water partition coefficient (Wildman–Crippen LogP) is 4.55. The van der Waals surface area contributed by atoms with Gasteiger partial charge in [0.05, 0.1) is 0 Å². The molecular weight excluding hydrogens is 252 g/mol. The molecule has 15 heavy (non-hydrogen) atoms. The normalized spacial score (nSPS) is 10.0. The van der Waals surface area contributed by atoms with Crippen LogP contribution in [-0.4, -0.2) is 0 Å². The van der Waals surface area contributed by atoms with E-state index in [-0.39, 0.29) is 0 Å². The molecule has 0 aromatic heterocycles. The second-order valence-electron chi connectivity index (χ2n) is 3.32. The van der Waals surface area contributed by atoms with Gasteiger partial charge in [-0.2, -0.15) is 0 Å². The Morgan fingerprint density at radius 2 is 1.80 bits per heavy atom. The Morgan fingerprint density at radius 3 is 2.53 bits per heavy atom. The summed E-state index contributed by atoms with van der Waals surface area (Å²) in [7, 11) is 0. The Hall–Kier alpha value is -1.28. The van der Waals surface area contributed by atoms with E-state index in [2.05, 4.69) is 15.9 Å². The largest absolute Gasteiger partial charge is 0.457 e. The summed E-state index contributed by atoms with van der Waals surface area (Å²) in [6, 6.07) is 15.8. The van der Waals surface area contributed by atoms with E-state index in [1.54, 1.807) is 0 Å². The average Bonchev–Trinajstić information content (AvgIpc) is 2.22. The maximum absolute atomic E-state index is 5.76. The Labute approximate surface area is 97.8 Å². The molecule has 0 amide bonds. The van der Waals surface area contributed by atoms with Gasteiger partial charge in [-0.1, -0.05) is 40.2 Å². The number of rotatable bonds is 2. The third-order valence-corrected chi connectivity index (χ3v) is 2.61. The monoisotopic (exact) mass is 262 g/mol. The topological polar surface area (TPSA) is 9.23 Å². The fraction of sp³-hybridized carbons (Fsp3) is 0.0769. The first-order chi connectivity index (χ1) is 7.25. The Balaban J connectivity index is 2.26. The maximum atomic E-state index is 5.76. The van der Waals surface area contributed by atoms with Gasteiger partial charge in [0, 0.05) is 4.47 Å². The molecular formula is C13H11BrO. The van der Waals surface area contributed by atoms with E-state index < -0.39 is 0 Å². The summed E-state index contributed by atoms with van der Waals surface area (Å²) < 4.78 is 6.78. The van der Waals surface area contributed by atoms with Crippen molar-refractivity contribution in [3.8, 4) is 11.5 Å². The van der Waals surface area contributed by atoms with E-state index in [1.807, 2.05) is 55.5 Å². The molecule has 0 radical (unpaired) electrons. The van der Waals surface area contributed by atoms with Crippen LogP contribution < -0.4 is 4.74 Å². The van der Waals surface area contributed by atoms with E-state index >= 15 is 0 Å². The van der Waals surface area contributed by atoms with Crippen LogP contribution in [0.2, 0.25) is 0 Å². The van der Waals surface area contributed by atoms with Crippen molar-refractivity contribution < 1.29 is 4.74 Å². The number of aryl methyl sites for hydroxylation is 1. The molecule has 76 valence electrons. The highest BCUT2D eigenvalue weighted by Gasteiger charge is 1.99. The third kappa shape index (κ3) is 2.60. The first-order valence-corrected chi connectivity index (χ1v) is 5.54. The van der Waals surface area contributed by atoms with Gasteiger partial charge in [-0.15, -0.1) is 0 Å². The third-order valence-electron chi connectivity index (χ3n) is 2.12. The summed E-state index contributed by atoms with van der Waals surface area (Å²) >= 11 is 3.41. The van der Waals surface area contributed by atoms with Crippen molar-refractivity contribution in [3.63, 3.8) is 0 Å². The van der Waals surface area contributed by atoms with Crippen LogP contribution in [0.25, 0.3) is 0 Å². The average molecular weight is 263 g/mol. The molecule has 2 aromatic rings. The van der Waals surface area contributed by atoms with Gasteiger partial charge in [-0.05, 0) is 36.8 Å². The van der Waals surface area contributed by atoms with Gasteiger partial charge in [0.15, 0.2) is 0 Å². The van der Waals surface area contributed by atoms with E-state index in [4.69, 9.17) is 4.74 Å². The number of para-hydroxylation sites is 1. The highest BCUT2D eigenvalue weighted by molar-refractivity contribution is 9.10. The van der Waals surface area contributed by atoms with Crippen molar-refractivity contribution >= 4 is 15.9 Å². The van der Waals surface area contributed by atoms with Crippen LogP contribution in [0.3, 0.4) is 0 Å². The minimum Gasteiger partial charge on any atom is -0.457 e. The predicted molar refractivity (Wildman–Crippen MR) is 65.4 cm³/mol. The number of hydrogen-bond donors (Lipinski definition) is 0. The lowest BCUT2D eigenvalue weighted by molar-refractivity contribution is 0.478. The van der Waals surface area contributed by atoms with Crippen LogP contribution in [0.5, 0.6) is 11.5 Å². The zero-order valence-corrected chi connectivity index (χ0v) is 9.99. The van der Waals surface area contributed by atoms with Crippen molar-refractivity contribution in [2.75, 3.05) is 0 Å². The van der Waals surface area contributed by atoms with Crippen molar-refractivity contribution in [1.82, 2.24) is 0 Å². The van der Waals surface area contributed by atoms with Gasteiger partial charge in [-0.25, -0.2) is 0 Å². The van der Waals surface area contributed by atoms with Gasteiger partial charge in [0.1, 0.15) is 11.5 Å². The van der Waals surface area contributed by atoms with Crippen LogP contribution in [0.1, 0.15) is 5.56 Å². The molecule has 2 heteroatoms. The van der Waals surface area contributed by atoms with E-state index in [1.165, 1.54) is 0 Å². The van der Waals surface area contributed by atoms with Gasteiger partial charge in [0.2, 0.25) is 0 Å². The summed E-state index contributed by atoms with van der Waals surface area (Å²) in [5.41, 5.74) is 1.14. The second kappa shape index (κ2) is 4.49. The number of halogens is 1. The number of hydrogen-bond acceptors (Lipinski definition) is 1. The summed E-state index contributed by atoms with van der Waals surface area (Å²) in [5.74, 6) is 1.74. The highest BCUT2D eigenvalue weighted by Crippen LogP contribution is 2.26. The molecule has 0 spiro atoms. The molecule has 1 nitrogen and oxygen atoms in total. The van der Waals surface area contributed by atoms with Crippen LogP contribution in [0, 0.1) is 6.92 Å². The van der Waals surface area contributed by atoms with Gasteiger partial charge >= 0.3 is 0 Å².